The molecule has 1 rings (SSSR count). The first-order valence-corrected chi connectivity index (χ1v) is 5.47. The maximum Gasteiger partial charge on any atom is 0.411 e. The smallest absolute Gasteiger partial charge is 0.362 e. The predicted molar refractivity (Wildman–Crippen MR) is 53.5 cm³/mol. The molecule has 0 radical (unpaired) electrons. The minimum Gasteiger partial charge on any atom is -0.362 e. The molecular formula is C9H12ClF3N2O2. The highest BCUT2D eigenvalue weighted by atomic mass is 35.5. The highest BCUT2D eigenvalue weighted by Gasteiger charge is 2.27. The van der Waals surface area contributed by atoms with Crippen molar-refractivity contribution in [1.82, 2.24) is 10.1 Å². The van der Waals surface area contributed by atoms with E-state index in [1.165, 1.54) is 0 Å². The molecule has 4 nitrogen and oxygen atoms in total. The summed E-state index contributed by atoms with van der Waals surface area (Å²) >= 11 is 5.92. The zero-order valence-corrected chi connectivity index (χ0v) is 9.88. The summed E-state index contributed by atoms with van der Waals surface area (Å²) < 4.78 is 44.4. The quantitative estimate of drug-likeness (QED) is 0.746. The van der Waals surface area contributed by atoms with Gasteiger partial charge in [-0.05, 0) is 6.42 Å². The topological polar surface area (TPSA) is 48.2 Å². The molecule has 98 valence electrons. The van der Waals surface area contributed by atoms with Gasteiger partial charge in [0.2, 0.25) is 0 Å². The van der Waals surface area contributed by atoms with Crippen molar-refractivity contribution >= 4 is 11.6 Å². The lowest BCUT2D eigenvalue weighted by Crippen LogP contribution is -2.16. The van der Waals surface area contributed by atoms with E-state index >= 15 is 0 Å². The molecule has 0 aromatic carbocycles. The number of ether oxygens (including phenoxy) is 1. The highest BCUT2D eigenvalue weighted by Crippen LogP contribution is 2.23. The van der Waals surface area contributed by atoms with Gasteiger partial charge in [-0.15, -0.1) is 11.6 Å². The lowest BCUT2D eigenvalue weighted by molar-refractivity contribution is -0.178. The zero-order chi connectivity index (χ0) is 12.9. The molecule has 1 heterocycles. The Morgan fingerprint density at radius 2 is 2.18 bits per heavy atom. The molecule has 1 atom stereocenters. The molecule has 0 saturated heterocycles. The minimum absolute atomic E-state index is 0.00833. The number of hydrogen-bond donors (Lipinski definition) is 0. The molecule has 0 aliphatic rings. The maximum atomic E-state index is 11.8. The van der Waals surface area contributed by atoms with Gasteiger partial charge in [-0.2, -0.15) is 18.2 Å². The maximum absolute atomic E-state index is 11.8. The van der Waals surface area contributed by atoms with Gasteiger partial charge < -0.3 is 9.26 Å². The van der Waals surface area contributed by atoms with E-state index in [1.807, 2.05) is 6.92 Å². The summed E-state index contributed by atoms with van der Waals surface area (Å²) in [5, 5.41) is 3.18. The van der Waals surface area contributed by atoms with Crippen LogP contribution in [0.15, 0.2) is 4.52 Å². The van der Waals surface area contributed by atoms with E-state index in [4.69, 9.17) is 16.1 Å². The van der Waals surface area contributed by atoms with Crippen molar-refractivity contribution in [1.29, 1.82) is 0 Å². The number of aromatic nitrogens is 2. The monoisotopic (exact) mass is 272 g/mol. The molecule has 1 aromatic heterocycles. The summed E-state index contributed by atoms with van der Waals surface area (Å²) in [5.74, 6) is 0.269. The second kappa shape index (κ2) is 6.20. The number of hydrogen-bond acceptors (Lipinski definition) is 4. The van der Waals surface area contributed by atoms with Gasteiger partial charge in [-0.25, -0.2) is 0 Å². The van der Waals surface area contributed by atoms with Crippen LogP contribution in [0.5, 0.6) is 0 Å². The van der Waals surface area contributed by atoms with Gasteiger partial charge in [-0.3, -0.25) is 0 Å². The number of alkyl halides is 4. The Bertz CT molecular complexity index is 343. The summed E-state index contributed by atoms with van der Waals surface area (Å²) in [6, 6.07) is 0. The van der Waals surface area contributed by atoms with Gasteiger partial charge in [0.25, 0.3) is 5.89 Å². The average Bonchev–Trinajstić information content (AvgIpc) is 2.65. The minimum atomic E-state index is -4.36. The standard InChI is InChI=1S/C9H12ClF3N2O2/c1-2-3-6(10)8-14-7(17-15-8)4-16-5-9(11,12)13/h6H,2-5H2,1H3. The van der Waals surface area contributed by atoms with Crippen LogP contribution < -0.4 is 0 Å². The van der Waals surface area contributed by atoms with Crippen LogP contribution in [0.2, 0.25) is 0 Å². The van der Waals surface area contributed by atoms with E-state index < -0.39 is 12.8 Å². The van der Waals surface area contributed by atoms with E-state index in [9.17, 15) is 13.2 Å². The van der Waals surface area contributed by atoms with Crippen LogP contribution in [-0.2, 0) is 11.3 Å². The summed E-state index contributed by atoms with van der Waals surface area (Å²) in [5.41, 5.74) is 0. The van der Waals surface area contributed by atoms with Gasteiger partial charge in [0.1, 0.15) is 13.2 Å². The average molecular weight is 273 g/mol. The second-order valence-electron chi connectivity index (χ2n) is 3.41. The highest BCUT2D eigenvalue weighted by molar-refractivity contribution is 6.20. The van der Waals surface area contributed by atoms with Crippen molar-refractivity contribution < 1.29 is 22.4 Å². The third-order valence-corrected chi connectivity index (χ3v) is 2.21. The second-order valence-corrected chi connectivity index (χ2v) is 3.94. The number of rotatable bonds is 6. The van der Waals surface area contributed by atoms with E-state index in [1.54, 1.807) is 0 Å². The van der Waals surface area contributed by atoms with Gasteiger partial charge in [0.15, 0.2) is 5.82 Å². The molecule has 1 unspecified atom stereocenters. The predicted octanol–water partition coefficient (Wildman–Crippen LogP) is 3.23. The molecule has 0 saturated carbocycles. The molecule has 0 bridgehead atoms. The van der Waals surface area contributed by atoms with Crippen molar-refractivity contribution in [2.24, 2.45) is 0 Å². The van der Waals surface area contributed by atoms with E-state index in [0.29, 0.717) is 6.42 Å². The fourth-order valence-electron chi connectivity index (χ4n) is 1.09. The molecular weight excluding hydrogens is 261 g/mol. The lowest BCUT2D eigenvalue weighted by atomic mass is 10.2. The Kier molecular flexibility index (Phi) is 5.20. The van der Waals surface area contributed by atoms with E-state index in [0.717, 1.165) is 6.42 Å². The van der Waals surface area contributed by atoms with Gasteiger partial charge >= 0.3 is 6.18 Å². The molecule has 0 spiro atoms. The fraction of sp³-hybridized carbons (Fsp3) is 0.778. The zero-order valence-electron chi connectivity index (χ0n) is 9.13. The summed E-state index contributed by atoms with van der Waals surface area (Å²) in [6.45, 7) is 0.231. The molecule has 0 fully saturated rings. The molecule has 0 N–H and O–H groups in total. The Balaban J connectivity index is 2.40. The largest absolute Gasteiger partial charge is 0.411 e. The molecule has 0 amide bonds. The Morgan fingerprint density at radius 1 is 1.47 bits per heavy atom. The molecule has 0 aliphatic heterocycles. The first-order chi connectivity index (χ1) is 7.92. The van der Waals surface area contributed by atoms with Crippen LogP contribution in [0, 0.1) is 0 Å². The van der Waals surface area contributed by atoms with Crippen molar-refractivity contribution in [3.05, 3.63) is 11.7 Å². The first-order valence-electron chi connectivity index (χ1n) is 5.03. The van der Waals surface area contributed by atoms with Gasteiger partial charge in [0, 0.05) is 0 Å². The van der Waals surface area contributed by atoms with Crippen LogP contribution >= 0.6 is 11.6 Å². The molecule has 8 heteroatoms. The first kappa shape index (κ1) is 14.2. The van der Waals surface area contributed by atoms with Crippen molar-refractivity contribution in [3.8, 4) is 0 Å². The molecule has 1 aromatic rings. The van der Waals surface area contributed by atoms with Gasteiger partial charge in [0.05, 0.1) is 5.38 Å². The fourth-order valence-corrected chi connectivity index (χ4v) is 1.40. The lowest BCUT2D eigenvalue weighted by Gasteiger charge is -2.04. The number of halogens is 4. The number of nitrogens with zero attached hydrogens (tertiary/aromatic N) is 2. The summed E-state index contributed by atoms with van der Waals surface area (Å²) in [4.78, 5) is 3.85. The van der Waals surface area contributed by atoms with Crippen LogP contribution in [0.25, 0.3) is 0 Å². The Hall–Kier alpha value is -0.820. The van der Waals surface area contributed by atoms with Crippen LogP contribution in [0.4, 0.5) is 13.2 Å². The van der Waals surface area contributed by atoms with Crippen molar-refractivity contribution in [2.75, 3.05) is 6.61 Å². The summed E-state index contributed by atoms with van der Waals surface area (Å²) in [7, 11) is 0. The Labute approximate surface area is 101 Å². The molecule has 17 heavy (non-hydrogen) atoms. The van der Waals surface area contributed by atoms with Crippen molar-refractivity contribution in [2.45, 2.75) is 37.9 Å². The molecule has 0 aliphatic carbocycles. The van der Waals surface area contributed by atoms with E-state index in [-0.39, 0.29) is 23.7 Å². The van der Waals surface area contributed by atoms with Crippen LogP contribution in [-0.4, -0.2) is 22.9 Å². The van der Waals surface area contributed by atoms with Crippen LogP contribution in [0.3, 0.4) is 0 Å². The normalized spacial score (nSPS) is 13.9. The van der Waals surface area contributed by atoms with Gasteiger partial charge in [-0.1, -0.05) is 18.5 Å². The third-order valence-electron chi connectivity index (χ3n) is 1.80. The van der Waals surface area contributed by atoms with E-state index in [2.05, 4.69) is 14.9 Å². The van der Waals surface area contributed by atoms with Crippen LogP contribution in [0.1, 0.15) is 36.9 Å². The Morgan fingerprint density at radius 3 is 2.76 bits per heavy atom. The van der Waals surface area contributed by atoms with Crippen molar-refractivity contribution in [3.63, 3.8) is 0 Å². The third kappa shape index (κ3) is 5.36. The summed E-state index contributed by atoms with van der Waals surface area (Å²) in [6.07, 6.45) is -2.84. The SMILES string of the molecule is CCCC(Cl)c1noc(COCC(F)(F)F)n1.